The number of aliphatic hydroxyl groups is 3. The van der Waals surface area contributed by atoms with E-state index in [-0.39, 0.29) is 40.4 Å². The Morgan fingerprint density at radius 2 is 1.75 bits per heavy atom. The predicted octanol–water partition coefficient (Wildman–Crippen LogP) is 3.70. The minimum atomic E-state index is -4.04. The maximum Gasteiger partial charge on any atom is 0.255 e. The third-order valence-electron chi connectivity index (χ3n) is 7.64. The number of anilines is 1. The molecule has 7 nitrogen and oxygen atoms in total. The number of carbonyl (C=O) groups excluding carboxylic acids is 1. The highest BCUT2D eigenvalue weighted by Crippen LogP contribution is 2.54. The van der Waals surface area contributed by atoms with E-state index in [0.717, 1.165) is 18.2 Å². The number of aliphatic hydroxyl groups excluding tert-OH is 2. The van der Waals surface area contributed by atoms with Crippen molar-refractivity contribution in [3.05, 3.63) is 58.6 Å². The van der Waals surface area contributed by atoms with E-state index in [9.17, 15) is 37.3 Å². The summed E-state index contributed by atoms with van der Waals surface area (Å²) >= 11 is 6.23. The number of amides is 1. The average Bonchev–Trinajstić information content (AvgIpc) is 3.00. The van der Waals surface area contributed by atoms with Gasteiger partial charge < -0.3 is 20.6 Å². The third kappa shape index (κ3) is 4.65. The molecule has 0 spiro atoms. The van der Waals surface area contributed by atoms with E-state index >= 15 is 0 Å². The van der Waals surface area contributed by atoms with Crippen LogP contribution in [0.4, 0.5) is 14.5 Å². The Balaban J connectivity index is 1.58. The van der Waals surface area contributed by atoms with Gasteiger partial charge in [0.1, 0.15) is 6.10 Å². The van der Waals surface area contributed by atoms with Crippen LogP contribution >= 0.6 is 11.6 Å². The topological polar surface area (TPSA) is 124 Å². The van der Waals surface area contributed by atoms with Crippen molar-refractivity contribution in [2.75, 3.05) is 5.32 Å². The second-order valence-electron chi connectivity index (χ2n) is 9.65. The van der Waals surface area contributed by atoms with Crippen LogP contribution < -0.4 is 5.32 Å². The molecule has 2 aliphatic carbocycles. The van der Waals surface area contributed by atoms with E-state index in [1.54, 1.807) is 6.92 Å². The SMILES string of the molecule is CC[C@H](O)[C@@H](O)C1(O)[C@@H]2CC[C@H]1CC(S(=O)(=O)c1cc(C(=O)Nc3ccc(F)c(F)c3)ccc1Cl)C2. The highest BCUT2D eigenvalue weighted by atomic mass is 35.5. The van der Waals surface area contributed by atoms with Crippen LogP contribution in [0.15, 0.2) is 41.3 Å². The van der Waals surface area contributed by atoms with Crippen LogP contribution in [0, 0.1) is 23.5 Å². The second-order valence-corrected chi connectivity index (χ2v) is 12.2. The molecule has 0 aliphatic heterocycles. The Morgan fingerprint density at radius 1 is 1.11 bits per heavy atom. The van der Waals surface area contributed by atoms with Gasteiger partial charge in [0.2, 0.25) is 0 Å². The van der Waals surface area contributed by atoms with Crippen LogP contribution in [0.1, 0.15) is 49.4 Å². The number of rotatable bonds is 7. The Morgan fingerprint density at radius 3 is 2.33 bits per heavy atom. The first-order chi connectivity index (χ1) is 16.9. The lowest BCUT2D eigenvalue weighted by molar-refractivity contribution is -0.176. The summed E-state index contributed by atoms with van der Waals surface area (Å²) in [6.45, 7) is 1.69. The minimum Gasteiger partial charge on any atom is -0.390 e. The van der Waals surface area contributed by atoms with E-state index in [1.165, 1.54) is 18.2 Å². The lowest BCUT2D eigenvalue weighted by Gasteiger charge is -2.46. The smallest absolute Gasteiger partial charge is 0.255 e. The summed E-state index contributed by atoms with van der Waals surface area (Å²) in [7, 11) is -4.04. The van der Waals surface area contributed by atoms with Crippen molar-refractivity contribution in [1.29, 1.82) is 0 Å². The number of fused-ring (bicyclic) bond motifs is 2. The molecule has 196 valence electrons. The highest BCUT2D eigenvalue weighted by molar-refractivity contribution is 7.92. The Bertz CT molecular complexity index is 1260. The molecule has 2 bridgehead atoms. The van der Waals surface area contributed by atoms with E-state index in [0.29, 0.717) is 12.8 Å². The van der Waals surface area contributed by atoms with Crippen molar-refractivity contribution in [3.8, 4) is 0 Å². The van der Waals surface area contributed by atoms with Gasteiger partial charge >= 0.3 is 0 Å². The molecular weight excluding hydrogens is 516 g/mol. The Hall–Kier alpha value is -2.11. The molecular formula is C25H28ClF2NO6S. The van der Waals surface area contributed by atoms with Crippen molar-refractivity contribution in [3.63, 3.8) is 0 Å². The van der Waals surface area contributed by atoms with Gasteiger partial charge in [-0.3, -0.25) is 4.79 Å². The van der Waals surface area contributed by atoms with Crippen LogP contribution in [-0.4, -0.2) is 52.7 Å². The molecule has 0 aromatic heterocycles. The molecule has 2 saturated carbocycles. The number of benzene rings is 2. The van der Waals surface area contributed by atoms with Gasteiger partial charge in [-0.25, -0.2) is 17.2 Å². The zero-order chi connectivity index (χ0) is 26.4. The first-order valence-corrected chi connectivity index (χ1v) is 13.7. The lowest BCUT2D eigenvalue weighted by Crippen LogP contribution is -2.59. The van der Waals surface area contributed by atoms with Crippen molar-refractivity contribution in [2.45, 2.75) is 67.0 Å². The van der Waals surface area contributed by atoms with Gasteiger partial charge in [-0.2, -0.15) is 0 Å². The fraction of sp³-hybridized carbons (Fsp3) is 0.480. The largest absolute Gasteiger partial charge is 0.390 e. The van der Waals surface area contributed by atoms with E-state index < -0.39 is 62.3 Å². The molecule has 2 unspecified atom stereocenters. The highest BCUT2D eigenvalue weighted by Gasteiger charge is 2.60. The molecule has 2 aromatic carbocycles. The van der Waals surface area contributed by atoms with Crippen LogP contribution in [0.25, 0.3) is 0 Å². The number of nitrogens with one attached hydrogen (secondary N) is 1. The maximum absolute atomic E-state index is 13.6. The average molecular weight is 544 g/mol. The van der Waals surface area contributed by atoms with E-state index in [4.69, 9.17) is 11.6 Å². The van der Waals surface area contributed by atoms with Crippen molar-refractivity contribution >= 4 is 33.0 Å². The minimum absolute atomic E-state index is 0.00535. The zero-order valence-electron chi connectivity index (χ0n) is 19.5. The molecule has 2 aliphatic rings. The first kappa shape index (κ1) is 26.9. The molecule has 1 amide bonds. The van der Waals surface area contributed by atoms with E-state index in [1.807, 2.05) is 0 Å². The van der Waals surface area contributed by atoms with Gasteiger partial charge in [-0.1, -0.05) is 18.5 Å². The van der Waals surface area contributed by atoms with E-state index in [2.05, 4.69) is 5.32 Å². The number of hydrogen-bond acceptors (Lipinski definition) is 6. The summed E-state index contributed by atoms with van der Waals surface area (Å²) in [6, 6.07) is 6.59. The zero-order valence-corrected chi connectivity index (χ0v) is 21.1. The molecule has 0 saturated heterocycles. The predicted molar refractivity (Wildman–Crippen MR) is 129 cm³/mol. The Kier molecular flexibility index (Phi) is 7.47. The quantitative estimate of drug-likeness (QED) is 0.422. The number of carbonyl (C=O) groups is 1. The summed E-state index contributed by atoms with van der Waals surface area (Å²) in [6.07, 6.45) is -1.06. The summed E-state index contributed by atoms with van der Waals surface area (Å²) in [5.41, 5.74) is -1.62. The van der Waals surface area contributed by atoms with Crippen molar-refractivity contribution in [2.24, 2.45) is 11.8 Å². The van der Waals surface area contributed by atoms with Gasteiger partial charge in [0, 0.05) is 17.3 Å². The molecule has 0 radical (unpaired) electrons. The Labute approximate surface area is 213 Å². The summed E-state index contributed by atoms with van der Waals surface area (Å²) in [4.78, 5) is 12.4. The fourth-order valence-electron chi connectivity index (χ4n) is 5.63. The number of hydrogen-bond donors (Lipinski definition) is 4. The third-order valence-corrected chi connectivity index (χ3v) is 10.3. The summed E-state index contributed by atoms with van der Waals surface area (Å²) < 4.78 is 53.9. The monoisotopic (exact) mass is 543 g/mol. The van der Waals surface area contributed by atoms with Gasteiger partial charge in [0.05, 0.1) is 26.9 Å². The molecule has 4 rings (SSSR count). The molecule has 4 N–H and O–H groups in total. The second kappa shape index (κ2) is 9.98. The normalized spacial score (nSPS) is 27.5. The summed E-state index contributed by atoms with van der Waals surface area (Å²) in [5, 5.41) is 33.5. The maximum atomic E-state index is 13.6. The molecule has 36 heavy (non-hydrogen) atoms. The molecule has 2 aromatic rings. The van der Waals surface area contributed by atoms with Crippen LogP contribution in [0.5, 0.6) is 0 Å². The van der Waals surface area contributed by atoms with Crippen LogP contribution in [-0.2, 0) is 9.84 Å². The van der Waals surface area contributed by atoms with Crippen molar-refractivity contribution in [1.82, 2.24) is 0 Å². The van der Waals surface area contributed by atoms with Gasteiger partial charge in [0.25, 0.3) is 5.91 Å². The standard InChI is InChI=1S/C25H28ClF2NO6S/c1-2-21(30)23(31)25(33)14-4-5-15(25)11-17(10-14)36(34,35)22-9-13(3-7-18(22)26)24(32)29-16-6-8-19(27)20(28)12-16/h3,6-9,12,14-15,17,21,23,30-31,33H,2,4-5,10-11H2,1H3,(H,29,32)/t14-,15+,17?,21-,23+,25?/m0/s1. The molecule has 6 atom stereocenters. The first-order valence-electron chi connectivity index (χ1n) is 11.8. The van der Waals surface area contributed by atoms with Gasteiger partial charge in [0.15, 0.2) is 21.5 Å². The van der Waals surface area contributed by atoms with Crippen LogP contribution in [0.3, 0.4) is 0 Å². The van der Waals surface area contributed by atoms with Gasteiger partial charge in [-0.05, 0) is 74.3 Å². The molecule has 0 heterocycles. The number of sulfone groups is 1. The van der Waals surface area contributed by atoms with Crippen molar-refractivity contribution < 1.29 is 37.3 Å². The molecule has 2 fully saturated rings. The number of halogens is 3. The summed E-state index contributed by atoms with van der Waals surface area (Å²) in [5.74, 6) is -3.99. The molecule has 11 heteroatoms. The van der Waals surface area contributed by atoms with Gasteiger partial charge in [-0.15, -0.1) is 0 Å². The fourth-order valence-corrected chi connectivity index (χ4v) is 8.03. The van der Waals surface area contributed by atoms with Crippen LogP contribution in [0.2, 0.25) is 5.02 Å². The lowest BCUT2D eigenvalue weighted by atomic mass is 9.69.